The smallest absolute Gasteiger partial charge is 0.255 e. The second kappa shape index (κ2) is 7.17. The quantitative estimate of drug-likeness (QED) is 0.741. The van der Waals surface area contributed by atoms with Gasteiger partial charge in [0.2, 0.25) is 0 Å². The van der Waals surface area contributed by atoms with E-state index in [1.54, 1.807) is 12.4 Å². The van der Waals surface area contributed by atoms with Crippen LogP contribution in [0.2, 0.25) is 0 Å². The average Bonchev–Trinajstić information content (AvgIpc) is 3.57. The second-order valence-electron chi connectivity index (χ2n) is 9.36. The van der Waals surface area contributed by atoms with Gasteiger partial charge < -0.3 is 9.64 Å². The van der Waals surface area contributed by atoms with Crippen molar-refractivity contribution in [3.05, 3.63) is 30.1 Å². The third-order valence-corrected chi connectivity index (χ3v) is 6.89. The van der Waals surface area contributed by atoms with Crippen LogP contribution in [0.15, 0.2) is 24.5 Å². The molecule has 2 aliphatic carbocycles. The van der Waals surface area contributed by atoms with Crippen LogP contribution >= 0.6 is 0 Å². The highest BCUT2D eigenvalue weighted by atomic mass is 16.5. The van der Waals surface area contributed by atoms with Gasteiger partial charge in [0.1, 0.15) is 0 Å². The summed E-state index contributed by atoms with van der Waals surface area (Å²) in [5, 5.41) is 0. The van der Waals surface area contributed by atoms with Crippen LogP contribution in [0.4, 0.5) is 0 Å². The molecule has 5 rings (SSSR count). The van der Waals surface area contributed by atoms with Crippen molar-refractivity contribution in [2.75, 3.05) is 39.4 Å². The molecule has 2 saturated carbocycles. The predicted molar refractivity (Wildman–Crippen MR) is 103 cm³/mol. The lowest BCUT2D eigenvalue weighted by Crippen LogP contribution is -2.73. The largest absolute Gasteiger partial charge is 0.381 e. The molecule has 1 spiro atoms. The summed E-state index contributed by atoms with van der Waals surface area (Å²) in [7, 11) is 0. The maximum absolute atomic E-state index is 12.8. The van der Waals surface area contributed by atoms with Crippen LogP contribution in [0.3, 0.4) is 0 Å². The molecule has 0 bridgehead atoms. The maximum atomic E-state index is 12.8. The summed E-state index contributed by atoms with van der Waals surface area (Å²) in [4.78, 5) is 21.6. The number of pyridine rings is 1. The molecule has 1 atom stereocenters. The number of ether oxygens (including phenoxy) is 1. The van der Waals surface area contributed by atoms with Gasteiger partial charge in [0.25, 0.3) is 5.91 Å². The number of carbonyl (C=O) groups is 1. The van der Waals surface area contributed by atoms with Crippen molar-refractivity contribution in [1.82, 2.24) is 14.8 Å². The molecule has 1 amide bonds. The summed E-state index contributed by atoms with van der Waals surface area (Å²) >= 11 is 0. The predicted octanol–water partition coefficient (Wildman–Crippen LogP) is 2.82. The molecule has 27 heavy (non-hydrogen) atoms. The number of carbonyl (C=O) groups excluding carboxylic acids is 1. The van der Waals surface area contributed by atoms with Gasteiger partial charge in [0.05, 0.1) is 11.1 Å². The number of nitrogens with zero attached hydrogens (tertiary/aromatic N) is 3. The molecular formula is C22H31N3O2. The van der Waals surface area contributed by atoms with E-state index in [-0.39, 0.29) is 11.4 Å². The standard InChI is InChI=1S/C22H31N3O2/c26-21(20-2-1-8-23-11-20)24-15-22(16-24)10-19(14-27-13-18-5-6-18)7-9-25(22)12-17-3-4-17/h1-2,8,11,17-19H,3-7,9-10,12-16H2/t19-/m0/s1. The highest BCUT2D eigenvalue weighted by Crippen LogP contribution is 2.42. The minimum absolute atomic E-state index is 0.132. The first kappa shape index (κ1) is 17.6. The van der Waals surface area contributed by atoms with E-state index in [1.165, 1.54) is 51.6 Å². The molecule has 2 saturated heterocycles. The lowest BCUT2D eigenvalue weighted by atomic mass is 9.74. The lowest BCUT2D eigenvalue weighted by molar-refractivity contribution is -0.0895. The first-order chi connectivity index (χ1) is 13.2. The number of aromatic nitrogens is 1. The van der Waals surface area contributed by atoms with E-state index in [9.17, 15) is 4.79 Å². The zero-order valence-corrected chi connectivity index (χ0v) is 16.2. The van der Waals surface area contributed by atoms with E-state index in [1.807, 2.05) is 17.0 Å². The molecule has 3 heterocycles. The summed E-state index contributed by atoms with van der Waals surface area (Å²) in [6, 6.07) is 3.72. The Morgan fingerprint density at radius 1 is 1.11 bits per heavy atom. The molecule has 4 fully saturated rings. The SMILES string of the molecule is O=C(c1cccnc1)N1CC2(C[C@@H](COCC3CC3)CCN2CC2CC2)C1. The fourth-order valence-corrected chi connectivity index (χ4v) is 4.88. The Hall–Kier alpha value is -1.46. The number of hydrogen-bond donors (Lipinski definition) is 0. The monoisotopic (exact) mass is 369 g/mol. The van der Waals surface area contributed by atoms with Gasteiger partial charge in [-0.15, -0.1) is 0 Å². The van der Waals surface area contributed by atoms with E-state index in [0.29, 0.717) is 11.5 Å². The normalized spacial score (nSPS) is 27.6. The summed E-state index contributed by atoms with van der Waals surface area (Å²) in [6.07, 6.45) is 11.3. The average molecular weight is 370 g/mol. The zero-order chi connectivity index (χ0) is 18.3. The van der Waals surface area contributed by atoms with Crippen LogP contribution in [-0.2, 0) is 4.74 Å². The third-order valence-electron chi connectivity index (χ3n) is 6.89. The van der Waals surface area contributed by atoms with Crippen LogP contribution in [0, 0.1) is 17.8 Å². The van der Waals surface area contributed by atoms with Crippen molar-refractivity contribution >= 4 is 5.91 Å². The Morgan fingerprint density at radius 2 is 1.89 bits per heavy atom. The summed E-state index contributed by atoms with van der Waals surface area (Å²) < 4.78 is 6.02. The van der Waals surface area contributed by atoms with Gasteiger partial charge in [0, 0.05) is 45.2 Å². The Balaban J connectivity index is 1.21. The molecule has 5 heteroatoms. The van der Waals surface area contributed by atoms with Crippen molar-refractivity contribution in [2.45, 2.75) is 44.1 Å². The number of piperidine rings is 1. The highest BCUT2D eigenvalue weighted by Gasteiger charge is 2.53. The summed E-state index contributed by atoms with van der Waals surface area (Å²) in [6.45, 7) is 6.00. The first-order valence-corrected chi connectivity index (χ1v) is 10.7. The van der Waals surface area contributed by atoms with Crippen LogP contribution < -0.4 is 0 Å². The topological polar surface area (TPSA) is 45.7 Å². The van der Waals surface area contributed by atoms with Gasteiger partial charge in [-0.2, -0.15) is 0 Å². The Kier molecular flexibility index (Phi) is 4.68. The minimum Gasteiger partial charge on any atom is -0.381 e. The summed E-state index contributed by atoms with van der Waals surface area (Å²) in [5.41, 5.74) is 0.896. The Labute approximate surface area is 162 Å². The molecule has 0 aromatic carbocycles. The fourth-order valence-electron chi connectivity index (χ4n) is 4.88. The fraction of sp³-hybridized carbons (Fsp3) is 0.727. The van der Waals surface area contributed by atoms with Gasteiger partial charge in [-0.3, -0.25) is 14.7 Å². The van der Waals surface area contributed by atoms with Gasteiger partial charge in [0.15, 0.2) is 0 Å². The molecule has 1 aromatic rings. The molecule has 4 aliphatic rings. The molecule has 0 N–H and O–H groups in total. The van der Waals surface area contributed by atoms with Crippen molar-refractivity contribution in [3.63, 3.8) is 0 Å². The van der Waals surface area contributed by atoms with E-state index >= 15 is 0 Å². The maximum Gasteiger partial charge on any atom is 0.255 e. The molecular weight excluding hydrogens is 338 g/mol. The Bertz CT molecular complexity index is 665. The molecule has 146 valence electrons. The van der Waals surface area contributed by atoms with E-state index < -0.39 is 0 Å². The van der Waals surface area contributed by atoms with Gasteiger partial charge >= 0.3 is 0 Å². The first-order valence-electron chi connectivity index (χ1n) is 10.7. The highest BCUT2D eigenvalue weighted by molar-refractivity contribution is 5.94. The Morgan fingerprint density at radius 3 is 2.59 bits per heavy atom. The van der Waals surface area contributed by atoms with E-state index in [4.69, 9.17) is 4.74 Å². The third kappa shape index (κ3) is 3.90. The van der Waals surface area contributed by atoms with Crippen molar-refractivity contribution in [3.8, 4) is 0 Å². The van der Waals surface area contributed by atoms with Crippen molar-refractivity contribution in [1.29, 1.82) is 0 Å². The second-order valence-corrected chi connectivity index (χ2v) is 9.36. The number of likely N-dealkylation sites (tertiary alicyclic amines) is 2. The number of hydrogen-bond acceptors (Lipinski definition) is 4. The van der Waals surface area contributed by atoms with Crippen molar-refractivity contribution in [2.24, 2.45) is 17.8 Å². The van der Waals surface area contributed by atoms with E-state index in [0.717, 1.165) is 38.1 Å². The van der Waals surface area contributed by atoms with Crippen molar-refractivity contribution < 1.29 is 9.53 Å². The van der Waals surface area contributed by atoms with Gasteiger partial charge in [-0.25, -0.2) is 0 Å². The van der Waals surface area contributed by atoms with Gasteiger partial charge in [-0.05, 0) is 75.0 Å². The van der Waals surface area contributed by atoms with Crippen LogP contribution in [-0.4, -0.2) is 65.6 Å². The number of rotatable bonds is 7. The van der Waals surface area contributed by atoms with Crippen LogP contribution in [0.1, 0.15) is 48.9 Å². The summed E-state index contributed by atoms with van der Waals surface area (Å²) in [5.74, 6) is 2.51. The molecule has 5 nitrogen and oxygen atoms in total. The lowest BCUT2D eigenvalue weighted by Gasteiger charge is -2.59. The number of amides is 1. The van der Waals surface area contributed by atoms with Crippen LogP contribution in [0.5, 0.6) is 0 Å². The molecule has 1 aromatic heterocycles. The zero-order valence-electron chi connectivity index (χ0n) is 16.2. The van der Waals surface area contributed by atoms with E-state index in [2.05, 4.69) is 9.88 Å². The molecule has 0 radical (unpaired) electrons. The van der Waals surface area contributed by atoms with Gasteiger partial charge in [-0.1, -0.05) is 0 Å². The molecule has 0 unspecified atom stereocenters. The minimum atomic E-state index is 0.132. The molecule has 2 aliphatic heterocycles. The van der Waals surface area contributed by atoms with Crippen LogP contribution in [0.25, 0.3) is 0 Å².